The Morgan fingerprint density at radius 2 is 1.84 bits per heavy atom. The van der Waals surface area contributed by atoms with Gasteiger partial charge < -0.3 is 34.5 Å². The van der Waals surface area contributed by atoms with Crippen LogP contribution < -0.4 is 20.1 Å². The van der Waals surface area contributed by atoms with E-state index in [0.29, 0.717) is 56.5 Å². The summed E-state index contributed by atoms with van der Waals surface area (Å²) in [7, 11) is 3.22. The third kappa shape index (κ3) is 8.63. The molecule has 2 aromatic rings. The van der Waals surface area contributed by atoms with E-state index in [1.54, 1.807) is 32.4 Å². The maximum Gasteiger partial charge on any atom is 0.407 e. The minimum atomic E-state index is -0.438. The second kappa shape index (κ2) is 15.2. The Hall–Kier alpha value is -3.30. The summed E-state index contributed by atoms with van der Waals surface area (Å²) in [6.07, 6.45) is 0.702. The Morgan fingerprint density at radius 1 is 1.05 bits per heavy atom. The highest BCUT2D eigenvalue weighted by Gasteiger charge is 2.34. The van der Waals surface area contributed by atoms with Gasteiger partial charge in [0.1, 0.15) is 6.10 Å². The van der Waals surface area contributed by atoms with Gasteiger partial charge in [0.15, 0.2) is 11.5 Å². The van der Waals surface area contributed by atoms with Gasteiger partial charge in [0.25, 0.3) is 5.91 Å². The molecule has 0 aliphatic carbocycles. The highest BCUT2D eigenvalue weighted by atomic mass is 16.6. The number of carbonyl (C=O) groups excluding carboxylic acids is 2. The fourth-order valence-corrected chi connectivity index (χ4v) is 4.42. The predicted octanol–water partition coefficient (Wildman–Crippen LogP) is 3.52. The Morgan fingerprint density at radius 3 is 2.55 bits per heavy atom. The van der Waals surface area contributed by atoms with Crippen molar-refractivity contribution in [2.45, 2.75) is 38.8 Å². The molecule has 0 unspecified atom stereocenters. The maximum atomic E-state index is 13.6. The topological polar surface area (TPSA) is 98.4 Å². The fourth-order valence-electron chi connectivity index (χ4n) is 4.42. The van der Waals surface area contributed by atoms with E-state index in [1.165, 1.54) is 0 Å². The van der Waals surface area contributed by atoms with Crippen LogP contribution in [-0.2, 0) is 15.9 Å². The molecule has 1 saturated heterocycles. The number of nitrogens with one attached hydrogen (secondary N) is 2. The van der Waals surface area contributed by atoms with E-state index in [1.807, 2.05) is 49.1 Å². The number of alkyl carbamates (subject to hydrolysis) is 1. The van der Waals surface area contributed by atoms with E-state index in [2.05, 4.69) is 10.6 Å². The van der Waals surface area contributed by atoms with Gasteiger partial charge in [-0.05, 0) is 44.0 Å². The summed E-state index contributed by atoms with van der Waals surface area (Å²) < 4.78 is 22.1. The minimum Gasteiger partial charge on any atom is -0.493 e. The van der Waals surface area contributed by atoms with E-state index < -0.39 is 6.09 Å². The SMILES string of the molecule is COCCCOc1cc(C(=O)N(C[C@@H]2CNC[C@H]2OC(=O)NCCc2ccccc2)C(C)C)ccc1OC. The van der Waals surface area contributed by atoms with Crippen LogP contribution in [0.5, 0.6) is 11.5 Å². The van der Waals surface area contributed by atoms with Gasteiger partial charge in [-0.25, -0.2) is 4.79 Å². The van der Waals surface area contributed by atoms with E-state index in [4.69, 9.17) is 18.9 Å². The number of methoxy groups -OCH3 is 2. The van der Waals surface area contributed by atoms with Gasteiger partial charge in [-0.3, -0.25) is 4.79 Å². The fraction of sp³-hybridized carbons (Fsp3) is 0.517. The number of amides is 2. The van der Waals surface area contributed by atoms with Crippen LogP contribution in [0.4, 0.5) is 4.79 Å². The van der Waals surface area contributed by atoms with Gasteiger partial charge in [0.2, 0.25) is 0 Å². The molecule has 1 heterocycles. The van der Waals surface area contributed by atoms with Crippen molar-refractivity contribution < 1.29 is 28.5 Å². The number of hydrogen-bond acceptors (Lipinski definition) is 7. The Kier molecular flexibility index (Phi) is 11.7. The maximum absolute atomic E-state index is 13.6. The van der Waals surface area contributed by atoms with Crippen molar-refractivity contribution in [2.24, 2.45) is 5.92 Å². The average Bonchev–Trinajstić information content (AvgIpc) is 3.36. The first kappa shape index (κ1) is 29.3. The summed E-state index contributed by atoms with van der Waals surface area (Å²) in [4.78, 5) is 27.9. The largest absolute Gasteiger partial charge is 0.493 e. The lowest BCUT2D eigenvalue weighted by Gasteiger charge is -2.31. The molecule has 0 radical (unpaired) electrons. The molecule has 2 atom stereocenters. The molecule has 0 bridgehead atoms. The number of nitrogens with zero attached hydrogens (tertiary/aromatic N) is 1. The molecule has 1 aliphatic heterocycles. The summed E-state index contributed by atoms with van der Waals surface area (Å²) in [6, 6.07) is 15.2. The first-order valence-electron chi connectivity index (χ1n) is 13.2. The molecule has 2 amide bonds. The van der Waals surface area contributed by atoms with Gasteiger partial charge in [-0.2, -0.15) is 0 Å². The second-order valence-corrected chi connectivity index (χ2v) is 9.64. The summed E-state index contributed by atoms with van der Waals surface area (Å²) in [6.45, 7) is 7.19. The van der Waals surface area contributed by atoms with E-state index in [0.717, 1.165) is 18.4 Å². The van der Waals surface area contributed by atoms with Crippen LogP contribution in [0.15, 0.2) is 48.5 Å². The minimum absolute atomic E-state index is 0.0239. The van der Waals surface area contributed by atoms with Crippen molar-refractivity contribution in [3.63, 3.8) is 0 Å². The van der Waals surface area contributed by atoms with Gasteiger partial charge >= 0.3 is 6.09 Å². The molecule has 2 N–H and O–H groups in total. The van der Waals surface area contributed by atoms with Crippen LogP contribution in [0, 0.1) is 5.92 Å². The summed E-state index contributed by atoms with van der Waals surface area (Å²) in [5, 5.41) is 6.14. The predicted molar refractivity (Wildman–Crippen MR) is 146 cm³/mol. The van der Waals surface area contributed by atoms with Gasteiger partial charge in [0, 0.05) is 63.8 Å². The molecule has 0 aromatic heterocycles. The zero-order valence-corrected chi connectivity index (χ0v) is 22.9. The highest BCUT2D eigenvalue weighted by Crippen LogP contribution is 2.29. The van der Waals surface area contributed by atoms with Gasteiger partial charge in [-0.15, -0.1) is 0 Å². The monoisotopic (exact) mass is 527 g/mol. The van der Waals surface area contributed by atoms with Crippen molar-refractivity contribution in [3.05, 3.63) is 59.7 Å². The van der Waals surface area contributed by atoms with Crippen LogP contribution in [0.3, 0.4) is 0 Å². The number of ether oxygens (including phenoxy) is 4. The van der Waals surface area contributed by atoms with Crippen LogP contribution in [0.2, 0.25) is 0 Å². The number of rotatable bonds is 14. The molecule has 9 nitrogen and oxygen atoms in total. The van der Waals surface area contributed by atoms with Crippen LogP contribution >= 0.6 is 0 Å². The summed E-state index contributed by atoms with van der Waals surface area (Å²) in [5.74, 6) is 0.961. The van der Waals surface area contributed by atoms with Crippen molar-refractivity contribution in [3.8, 4) is 11.5 Å². The third-order valence-electron chi connectivity index (χ3n) is 6.54. The van der Waals surface area contributed by atoms with Crippen molar-refractivity contribution in [1.29, 1.82) is 0 Å². The van der Waals surface area contributed by atoms with Crippen LogP contribution in [0.1, 0.15) is 36.2 Å². The molecule has 1 aliphatic rings. The molecule has 208 valence electrons. The number of carbonyl (C=O) groups is 2. The molecule has 0 saturated carbocycles. The third-order valence-corrected chi connectivity index (χ3v) is 6.54. The first-order valence-corrected chi connectivity index (χ1v) is 13.2. The zero-order chi connectivity index (χ0) is 27.3. The van der Waals surface area contributed by atoms with Crippen molar-refractivity contribution in [2.75, 3.05) is 53.6 Å². The molecule has 38 heavy (non-hydrogen) atoms. The van der Waals surface area contributed by atoms with Gasteiger partial charge in [0.05, 0.1) is 13.7 Å². The molecule has 9 heteroatoms. The Bertz CT molecular complexity index is 1020. The van der Waals surface area contributed by atoms with Crippen LogP contribution in [-0.4, -0.2) is 82.7 Å². The lowest BCUT2D eigenvalue weighted by molar-refractivity contribution is 0.0523. The van der Waals surface area contributed by atoms with Crippen molar-refractivity contribution in [1.82, 2.24) is 15.5 Å². The van der Waals surface area contributed by atoms with E-state index in [9.17, 15) is 9.59 Å². The standard InChI is InChI=1S/C29H41N3O6/c1-21(2)32(28(33)23-11-12-25(36-4)26(17-23)37-16-8-15-35-3)20-24-18-30-19-27(24)38-29(34)31-14-13-22-9-6-5-7-10-22/h5-7,9-12,17,21,24,27,30H,8,13-16,18-20H2,1-4H3,(H,31,34)/t24-,27+/m0/s1. The van der Waals surface area contributed by atoms with Crippen molar-refractivity contribution >= 4 is 12.0 Å². The van der Waals surface area contributed by atoms with Crippen LogP contribution in [0.25, 0.3) is 0 Å². The highest BCUT2D eigenvalue weighted by molar-refractivity contribution is 5.95. The quantitative estimate of drug-likeness (QED) is 0.363. The molecule has 1 fully saturated rings. The molecular formula is C29H41N3O6. The normalized spacial score (nSPS) is 16.8. The Labute approximate surface area is 225 Å². The van der Waals surface area contributed by atoms with Gasteiger partial charge in [-0.1, -0.05) is 30.3 Å². The molecule has 2 aromatic carbocycles. The molecular weight excluding hydrogens is 486 g/mol. The average molecular weight is 528 g/mol. The Balaban J connectivity index is 1.59. The lowest BCUT2D eigenvalue weighted by atomic mass is 10.0. The van der Waals surface area contributed by atoms with E-state index >= 15 is 0 Å². The lowest BCUT2D eigenvalue weighted by Crippen LogP contribution is -2.44. The van der Waals surface area contributed by atoms with E-state index in [-0.39, 0.29) is 24.0 Å². The number of benzene rings is 2. The summed E-state index contributed by atoms with van der Waals surface area (Å²) >= 11 is 0. The first-order chi connectivity index (χ1) is 18.4. The zero-order valence-electron chi connectivity index (χ0n) is 22.9. The number of hydrogen-bond donors (Lipinski definition) is 2. The molecule has 3 rings (SSSR count). The smallest absolute Gasteiger partial charge is 0.407 e. The second-order valence-electron chi connectivity index (χ2n) is 9.64. The molecule has 0 spiro atoms. The summed E-state index contributed by atoms with van der Waals surface area (Å²) in [5.41, 5.74) is 1.67.